The molecule has 0 amide bonds. The summed E-state index contributed by atoms with van der Waals surface area (Å²) in [5, 5.41) is 3.15. The first-order valence-electron chi connectivity index (χ1n) is 13.7. The van der Waals surface area contributed by atoms with Crippen molar-refractivity contribution in [2.24, 2.45) is 0 Å². The normalized spacial score (nSPS) is 13.8. The third kappa shape index (κ3) is 13.5. The summed E-state index contributed by atoms with van der Waals surface area (Å²) in [6, 6.07) is 9.75. The lowest BCUT2D eigenvalue weighted by atomic mass is 10.0. The van der Waals surface area contributed by atoms with Crippen LogP contribution in [0.5, 0.6) is 0 Å². The van der Waals surface area contributed by atoms with Gasteiger partial charge in [-0.25, -0.2) is 0 Å². The minimum atomic E-state index is -4.18. The highest BCUT2D eigenvalue weighted by molar-refractivity contribution is 7.87. The molecule has 0 aliphatic rings. The molecule has 0 spiro atoms. The maximum absolute atomic E-state index is 12.2. The summed E-state index contributed by atoms with van der Waals surface area (Å²) in [5.74, 6) is 0. The van der Waals surface area contributed by atoms with E-state index in [2.05, 4.69) is 12.2 Å². The maximum Gasteiger partial charge on any atom is 0.284 e. The monoisotopic (exact) mass is 481 g/mol. The van der Waals surface area contributed by atoms with Gasteiger partial charge in [0.05, 0.1) is 0 Å². The Hall–Kier alpha value is -0.910. The van der Waals surface area contributed by atoms with Gasteiger partial charge in [0.1, 0.15) is 4.87 Å². The van der Waals surface area contributed by atoms with Gasteiger partial charge in [0.2, 0.25) is 0 Å². The number of nitrogens with one attached hydrogen (secondary N) is 1. The third-order valence-corrected chi connectivity index (χ3v) is 8.58. The molecule has 1 aromatic carbocycles. The molecule has 0 saturated carbocycles. The summed E-state index contributed by atoms with van der Waals surface area (Å²) in [6.07, 6.45) is 21.5. The summed E-state index contributed by atoms with van der Waals surface area (Å²) >= 11 is 0. The van der Waals surface area contributed by atoms with Crippen LogP contribution in [-0.4, -0.2) is 17.8 Å². The lowest BCUT2D eigenvalue weighted by Crippen LogP contribution is -2.50. The molecule has 5 heteroatoms. The average molecular weight is 482 g/mol. The molecule has 0 saturated heterocycles. The topological polar surface area (TPSA) is 66.4 Å². The summed E-state index contributed by atoms with van der Waals surface area (Å²) in [7, 11) is -4.18. The van der Waals surface area contributed by atoms with Crippen molar-refractivity contribution in [3.63, 3.8) is 0 Å². The van der Waals surface area contributed by atoms with E-state index in [9.17, 15) is 13.0 Å². The van der Waals surface area contributed by atoms with E-state index in [1.165, 1.54) is 83.5 Å². The molecule has 0 aliphatic heterocycles. The Balaban J connectivity index is 2.11. The van der Waals surface area contributed by atoms with Crippen LogP contribution in [-0.2, 0) is 16.7 Å². The van der Waals surface area contributed by atoms with Crippen LogP contribution in [0.2, 0.25) is 0 Å². The first kappa shape index (κ1) is 30.1. The number of rotatable bonds is 22. The Kier molecular flexibility index (Phi) is 16.8. The third-order valence-electron chi connectivity index (χ3n) is 6.96. The Bertz CT molecular complexity index is 678. The molecule has 0 aromatic heterocycles. The van der Waals surface area contributed by atoms with Crippen molar-refractivity contribution >= 4 is 10.1 Å². The van der Waals surface area contributed by atoms with Gasteiger partial charge in [-0.15, -0.1) is 0 Å². The summed E-state index contributed by atoms with van der Waals surface area (Å²) in [4.78, 5) is -1.25. The van der Waals surface area contributed by atoms with Crippen LogP contribution in [0.4, 0.5) is 0 Å². The van der Waals surface area contributed by atoms with Crippen molar-refractivity contribution in [1.29, 1.82) is 0 Å². The second-order valence-electron chi connectivity index (χ2n) is 9.72. The SMILES string of the molecule is CCCCCCCCCCCCCCCCCCC(CC)(NCc1ccccc1)S(=O)(=O)O. The largest absolute Gasteiger partial charge is 0.292 e. The zero-order valence-electron chi connectivity index (χ0n) is 21.5. The molecule has 192 valence electrons. The van der Waals surface area contributed by atoms with Gasteiger partial charge in [0.25, 0.3) is 10.1 Å². The van der Waals surface area contributed by atoms with Crippen LogP contribution in [0.1, 0.15) is 135 Å². The highest BCUT2D eigenvalue weighted by Crippen LogP contribution is 2.26. The van der Waals surface area contributed by atoms with E-state index in [0.29, 0.717) is 19.4 Å². The van der Waals surface area contributed by atoms with Crippen LogP contribution in [0.15, 0.2) is 30.3 Å². The second-order valence-corrected chi connectivity index (χ2v) is 11.4. The van der Waals surface area contributed by atoms with Crippen molar-refractivity contribution in [2.45, 2.75) is 141 Å². The van der Waals surface area contributed by atoms with Gasteiger partial charge in [0, 0.05) is 6.54 Å². The van der Waals surface area contributed by atoms with Crippen molar-refractivity contribution in [1.82, 2.24) is 5.32 Å². The summed E-state index contributed by atoms with van der Waals surface area (Å²) < 4.78 is 34.3. The highest BCUT2D eigenvalue weighted by Gasteiger charge is 2.40. The molecule has 0 aliphatic carbocycles. The molecule has 0 radical (unpaired) electrons. The fourth-order valence-corrected chi connectivity index (χ4v) is 5.63. The van der Waals surface area contributed by atoms with Gasteiger partial charge in [-0.05, 0) is 18.4 Å². The van der Waals surface area contributed by atoms with Crippen molar-refractivity contribution in [2.75, 3.05) is 0 Å². The van der Waals surface area contributed by atoms with E-state index in [1.807, 2.05) is 37.3 Å². The van der Waals surface area contributed by atoms with Crippen molar-refractivity contribution in [3.05, 3.63) is 35.9 Å². The molecule has 2 N–H and O–H groups in total. The molecule has 0 fully saturated rings. The minimum Gasteiger partial charge on any atom is -0.292 e. The lowest BCUT2D eigenvalue weighted by molar-refractivity contribution is 0.335. The average Bonchev–Trinajstić information content (AvgIpc) is 2.80. The molecule has 1 aromatic rings. The lowest BCUT2D eigenvalue weighted by Gasteiger charge is -2.31. The Morgan fingerprint density at radius 1 is 0.697 bits per heavy atom. The standard InChI is InChI=1S/C28H51NO3S/c1-3-5-6-7-8-9-10-11-12-13-14-15-16-17-18-22-25-28(4-2,33(30,31)32)29-26-27-23-20-19-21-24-27/h19-21,23-24,29H,3-18,22,25-26H2,1-2H3,(H,30,31,32). The smallest absolute Gasteiger partial charge is 0.284 e. The second kappa shape index (κ2) is 18.4. The van der Waals surface area contributed by atoms with Gasteiger partial charge in [-0.3, -0.25) is 9.87 Å². The molecule has 4 nitrogen and oxygen atoms in total. The van der Waals surface area contributed by atoms with E-state index < -0.39 is 15.0 Å². The van der Waals surface area contributed by atoms with E-state index in [1.54, 1.807) is 0 Å². The number of hydrogen-bond donors (Lipinski definition) is 2. The van der Waals surface area contributed by atoms with Crippen LogP contribution < -0.4 is 5.32 Å². The Morgan fingerprint density at radius 2 is 1.12 bits per heavy atom. The predicted octanol–water partition coefficient (Wildman–Crippen LogP) is 8.42. The van der Waals surface area contributed by atoms with Crippen molar-refractivity contribution < 1.29 is 13.0 Å². The molecule has 33 heavy (non-hydrogen) atoms. The Labute approximate surface area is 205 Å². The van der Waals surface area contributed by atoms with Crippen LogP contribution in [0, 0.1) is 0 Å². The van der Waals surface area contributed by atoms with Gasteiger partial charge in [-0.2, -0.15) is 8.42 Å². The highest BCUT2D eigenvalue weighted by atomic mass is 32.2. The molecule has 1 unspecified atom stereocenters. The molecular formula is C28H51NO3S. The molecule has 1 atom stereocenters. The van der Waals surface area contributed by atoms with Gasteiger partial charge < -0.3 is 0 Å². The van der Waals surface area contributed by atoms with Crippen LogP contribution in [0.25, 0.3) is 0 Å². The van der Waals surface area contributed by atoms with Gasteiger partial charge >= 0.3 is 0 Å². The molecular weight excluding hydrogens is 430 g/mol. The van der Waals surface area contributed by atoms with Gasteiger partial charge in [-0.1, -0.05) is 147 Å². The van der Waals surface area contributed by atoms with E-state index in [-0.39, 0.29) is 0 Å². The quantitative estimate of drug-likeness (QED) is 0.129. The first-order chi connectivity index (χ1) is 15.9. The number of unbranched alkanes of at least 4 members (excludes halogenated alkanes) is 15. The van der Waals surface area contributed by atoms with Crippen LogP contribution in [0.3, 0.4) is 0 Å². The molecule has 1 rings (SSSR count). The summed E-state index contributed by atoms with van der Waals surface area (Å²) in [6.45, 7) is 4.54. The number of hydrogen-bond acceptors (Lipinski definition) is 3. The predicted molar refractivity (Wildman–Crippen MR) is 142 cm³/mol. The zero-order chi connectivity index (χ0) is 24.3. The van der Waals surface area contributed by atoms with Crippen LogP contribution >= 0.6 is 0 Å². The molecule has 0 bridgehead atoms. The number of benzene rings is 1. The minimum absolute atomic E-state index is 0.359. The van der Waals surface area contributed by atoms with Gasteiger partial charge in [0.15, 0.2) is 0 Å². The summed E-state index contributed by atoms with van der Waals surface area (Å²) in [5.41, 5.74) is 1.02. The van der Waals surface area contributed by atoms with E-state index in [0.717, 1.165) is 24.8 Å². The van der Waals surface area contributed by atoms with Crippen molar-refractivity contribution in [3.8, 4) is 0 Å². The maximum atomic E-state index is 12.2. The van der Waals surface area contributed by atoms with E-state index in [4.69, 9.17) is 0 Å². The molecule has 0 heterocycles. The Morgan fingerprint density at radius 3 is 1.52 bits per heavy atom. The fraction of sp³-hybridized carbons (Fsp3) is 0.786. The zero-order valence-corrected chi connectivity index (χ0v) is 22.3. The fourth-order valence-electron chi connectivity index (χ4n) is 4.61. The first-order valence-corrected chi connectivity index (χ1v) is 15.1. The van der Waals surface area contributed by atoms with E-state index >= 15 is 0 Å².